The van der Waals surface area contributed by atoms with Crippen LogP contribution < -0.4 is 9.62 Å². The molecule has 0 aromatic heterocycles. The molecule has 1 atom stereocenters. The van der Waals surface area contributed by atoms with Crippen LogP contribution in [-0.2, 0) is 26.2 Å². The number of sulfonamides is 1. The third-order valence-corrected chi connectivity index (χ3v) is 8.20. The molecule has 0 saturated heterocycles. The van der Waals surface area contributed by atoms with E-state index in [9.17, 15) is 18.0 Å². The molecule has 0 bridgehead atoms. The minimum atomic E-state index is -4.09. The average molecular weight is 556 g/mol. The number of hydrogen-bond donors (Lipinski definition) is 1. The lowest BCUT2D eigenvalue weighted by Gasteiger charge is -2.32. The van der Waals surface area contributed by atoms with Gasteiger partial charge >= 0.3 is 0 Å². The first-order valence-electron chi connectivity index (χ1n) is 12.5. The van der Waals surface area contributed by atoms with Gasteiger partial charge < -0.3 is 10.2 Å². The number of anilines is 1. The molecule has 0 aliphatic carbocycles. The summed E-state index contributed by atoms with van der Waals surface area (Å²) in [5.41, 5.74) is 2.81. The number of hydrogen-bond acceptors (Lipinski definition) is 4. The van der Waals surface area contributed by atoms with Gasteiger partial charge in [0.25, 0.3) is 10.0 Å². The molecule has 0 aliphatic rings. The lowest BCUT2D eigenvalue weighted by atomic mass is 10.1. The Bertz CT molecular complexity index is 1380. The summed E-state index contributed by atoms with van der Waals surface area (Å²) in [4.78, 5) is 28.3. The molecule has 38 heavy (non-hydrogen) atoms. The van der Waals surface area contributed by atoms with Gasteiger partial charge in [-0.05, 0) is 68.7 Å². The number of amides is 2. The molecule has 0 fully saturated rings. The smallest absolute Gasteiger partial charge is 0.264 e. The zero-order valence-electron chi connectivity index (χ0n) is 22.1. The van der Waals surface area contributed by atoms with Gasteiger partial charge in [0.1, 0.15) is 12.6 Å². The van der Waals surface area contributed by atoms with Gasteiger partial charge in [0.05, 0.1) is 10.6 Å². The van der Waals surface area contributed by atoms with Crippen LogP contribution in [0.25, 0.3) is 0 Å². The SMILES string of the molecule is CCCNC(=O)C(C)N(Cc1cccc(Cl)c1)C(=O)CN(c1ccc(C)cc1C)S(=O)(=O)c1ccccc1. The van der Waals surface area contributed by atoms with Crippen molar-refractivity contribution in [3.05, 3.63) is 94.5 Å². The highest BCUT2D eigenvalue weighted by Crippen LogP contribution is 2.28. The van der Waals surface area contributed by atoms with Crippen molar-refractivity contribution in [3.8, 4) is 0 Å². The van der Waals surface area contributed by atoms with Crippen LogP contribution in [0.15, 0.2) is 77.7 Å². The van der Waals surface area contributed by atoms with E-state index in [1.54, 1.807) is 49.4 Å². The van der Waals surface area contributed by atoms with E-state index >= 15 is 0 Å². The maximum Gasteiger partial charge on any atom is 0.264 e. The highest BCUT2D eigenvalue weighted by atomic mass is 35.5. The number of carbonyl (C=O) groups is 2. The topological polar surface area (TPSA) is 86.8 Å². The van der Waals surface area contributed by atoms with Crippen molar-refractivity contribution in [1.29, 1.82) is 0 Å². The van der Waals surface area contributed by atoms with Crippen LogP contribution in [0.4, 0.5) is 5.69 Å². The molecule has 0 spiro atoms. The third-order valence-electron chi connectivity index (χ3n) is 6.19. The highest BCUT2D eigenvalue weighted by Gasteiger charge is 2.33. The van der Waals surface area contributed by atoms with Crippen LogP contribution in [0.5, 0.6) is 0 Å². The van der Waals surface area contributed by atoms with Crippen LogP contribution in [0, 0.1) is 13.8 Å². The summed E-state index contributed by atoms with van der Waals surface area (Å²) >= 11 is 6.17. The second-order valence-electron chi connectivity index (χ2n) is 9.23. The Balaban J connectivity index is 2.04. The van der Waals surface area contributed by atoms with Gasteiger partial charge in [-0.1, -0.05) is 66.6 Å². The van der Waals surface area contributed by atoms with Crippen molar-refractivity contribution in [2.75, 3.05) is 17.4 Å². The Morgan fingerprint density at radius 3 is 2.32 bits per heavy atom. The first-order chi connectivity index (χ1) is 18.0. The van der Waals surface area contributed by atoms with Gasteiger partial charge in [0.15, 0.2) is 0 Å². The molecule has 3 aromatic rings. The predicted molar refractivity (Wildman–Crippen MR) is 152 cm³/mol. The van der Waals surface area contributed by atoms with Gasteiger partial charge in [0, 0.05) is 18.1 Å². The predicted octanol–water partition coefficient (Wildman–Crippen LogP) is 5.10. The fourth-order valence-corrected chi connectivity index (χ4v) is 5.84. The van der Waals surface area contributed by atoms with Gasteiger partial charge in [0.2, 0.25) is 11.8 Å². The van der Waals surface area contributed by atoms with Crippen molar-refractivity contribution in [2.45, 2.75) is 51.6 Å². The van der Waals surface area contributed by atoms with E-state index < -0.39 is 28.5 Å². The van der Waals surface area contributed by atoms with Crippen LogP contribution in [0.2, 0.25) is 5.02 Å². The number of nitrogens with zero attached hydrogens (tertiary/aromatic N) is 2. The maximum absolute atomic E-state index is 13.9. The number of carbonyl (C=O) groups excluding carboxylic acids is 2. The van der Waals surface area contributed by atoms with Gasteiger partial charge in [-0.3, -0.25) is 13.9 Å². The summed E-state index contributed by atoms with van der Waals surface area (Å²) in [7, 11) is -4.09. The summed E-state index contributed by atoms with van der Waals surface area (Å²) in [6.07, 6.45) is 0.747. The molecule has 0 aliphatic heterocycles. The lowest BCUT2D eigenvalue weighted by molar-refractivity contribution is -0.139. The first kappa shape index (κ1) is 29.2. The molecule has 1 unspecified atom stereocenters. The summed E-state index contributed by atoms with van der Waals surface area (Å²) < 4.78 is 28.8. The minimum absolute atomic E-state index is 0.0721. The Kier molecular flexibility index (Phi) is 9.94. The van der Waals surface area contributed by atoms with E-state index in [1.807, 2.05) is 39.0 Å². The number of nitrogens with one attached hydrogen (secondary N) is 1. The van der Waals surface area contributed by atoms with Crippen LogP contribution in [0.3, 0.4) is 0 Å². The second-order valence-corrected chi connectivity index (χ2v) is 11.5. The molecule has 9 heteroatoms. The minimum Gasteiger partial charge on any atom is -0.354 e. The monoisotopic (exact) mass is 555 g/mol. The van der Waals surface area contributed by atoms with Crippen LogP contribution in [0.1, 0.15) is 37.0 Å². The molecule has 3 aromatic carbocycles. The molecule has 2 amide bonds. The highest BCUT2D eigenvalue weighted by molar-refractivity contribution is 7.92. The summed E-state index contributed by atoms with van der Waals surface area (Å²) in [6.45, 7) is 7.39. The fourth-order valence-electron chi connectivity index (χ4n) is 4.13. The Morgan fingerprint density at radius 2 is 1.68 bits per heavy atom. The van der Waals surface area contributed by atoms with E-state index in [1.165, 1.54) is 17.0 Å². The molecular weight excluding hydrogens is 522 g/mol. The fraction of sp³-hybridized carbons (Fsp3) is 0.310. The number of halogens is 1. The number of benzene rings is 3. The zero-order chi connectivity index (χ0) is 27.9. The maximum atomic E-state index is 13.9. The normalized spacial score (nSPS) is 12.0. The average Bonchev–Trinajstić information content (AvgIpc) is 2.89. The molecule has 0 heterocycles. The lowest BCUT2D eigenvalue weighted by Crippen LogP contribution is -2.51. The molecule has 0 radical (unpaired) electrons. The van der Waals surface area contributed by atoms with Crippen molar-refractivity contribution in [1.82, 2.24) is 10.2 Å². The standard InChI is InChI=1S/C29H34ClN3O4S/c1-5-16-31-29(35)23(4)32(19-24-10-9-11-25(30)18-24)28(34)20-33(27-15-14-21(2)17-22(27)3)38(36,37)26-12-7-6-8-13-26/h6-15,17-18,23H,5,16,19-20H2,1-4H3,(H,31,35). The number of aryl methyl sites for hydroxylation is 2. The van der Waals surface area contributed by atoms with E-state index in [4.69, 9.17) is 11.6 Å². The Morgan fingerprint density at radius 1 is 0.974 bits per heavy atom. The van der Waals surface area contributed by atoms with Crippen molar-refractivity contribution in [3.63, 3.8) is 0 Å². The largest absolute Gasteiger partial charge is 0.354 e. The zero-order valence-corrected chi connectivity index (χ0v) is 23.7. The summed E-state index contributed by atoms with van der Waals surface area (Å²) in [5, 5.41) is 3.33. The number of rotatable bonds is 11. The summed E-state index contributed by atoms with van der Waals surface area (Å²) in [5.74, 6) is -0.824. The van der Waals surface area contributed by atoms with E-state index in [0.29, 0.717) is 22.8 Å². The molecule has 1 N–H and O–H groups in total. The van der Waals surface area contributed by atoms with E-state index in [2.05, 4.69) is 5.32 Å². The third kappa shape index (κ3) is 7.14. The van der Waals surface area contributed by atoms with Gasteiger partial charge in [-0.15, -0.1) is 0 Å². The molecule has 3 rings (SSSR count). The first-order valence-corrected chi connectivity index (χ1v) is 14.3. The van der Waals surface area contributed by atoms with E-state index in [-0.39, 0.29) is 17.3 Å². The molecular formula is C29H34ClN3O4S. The van der Waals surface area contributed by atoms with Crippen LogP contribution in [-0.4, -0.2) is 44.3 Å². The van der Waals surface area contributed by atoms with Gasteiger partial charge in [-0.2, -0.15) is 0 Å². The Labute approximate surface area is 230 Å². The quantitative estimate of drug-likeness (QED) is 0.357. The molecule has 202 valence electrons. The van der Waals surface area contributed by atoms with E-state index in [0.717, 1.165) is 21.9 Å². The molecule has 0 saturated carbocycles. The van der Waals surface area contributed by atoms with Gasteiger partial charge in [-0.25, -0.2) is 8.42 Å². The van der Waals surface area contributed by atoms with Crippen molar-refractivity contribution >= 4 is 39.1 Å². The summed E-state index contributed by atoms with van der Waals surface area (Å²) in [6, 6.07) is 19.6. The van der Waals surface area contributed by atoms with Crippen molar-refractivity contribution in [2.24, 2.45) is 0 Å². The second kappa shape index (κ2) is 12.9. The Hall–Kier alpha value is -3.36. The molecule has 7 nitrogen and oxygen atoms in total. The van der Waals surface area contributed by atoms with Crippen LogP contribution >= 0.6 is 11.6 Å². The van der Waals surface area contributed by atoms with Crippen molar-refractivity contribution < 1.29 is 18.0 Å².